The maximum atomic E-state index is 6.59. The van der Waals surface area contributed by atoms with Crippen molar-refractivity contribution in [3.63, 3.8) is 0 Å². The van der Waals surface area contributed by atoms with Crippen LogP contribution in [-0.4, -0.2) is 9.97 Å². The molecule has 0 bridgehead atoms. The molecule has 0 unspecified atom stereocenters. The second-order valence-electron chi connectivity index (χ2n) is 10.3. The summed E-state index contributed by atoms with van der Waals surface area (Å²) in [6.07, 6.45) is 3.73. The first kappa shape index (κ1) is 23.6. The minimum Gasteiger partial charge on any atom is -0.464 e. The first-order chi connectivity index (χ1) is 20.8. The molecule has 0 aliphatic rings. The minimum atomic E-state index is 0.815. The zero-order valence-electron chi connectivity index (χ0n) is 22.2. The van der Waals surface area contributed by atoms with Crippen molar-refractivity contribution >= 4 is 54.6 Å². The third-order valence-corrected chi connectivity index (χ3v) is 10.0. The van der Waals surface area contributed by atoms with E-state index in [1.807, 2.05) is 30.5 Å². The number of aromatic nitrogens is 2. The Morgan fingerprint density at radius 3 is 2.36 bits per heavy atom. The molecule has 6 aromatic heterocycles. The van der Waals surface area contributed by atoms with Crippen molar-refractivity contribution in [1.82, 2.24) is 9.97 Å². The van der Waals surface area contributed by atoms with E-state index in [0.29, 0.717) is 0 Å². The minimum absolute atomic E-state index is 0.815. The van der Waals surface area contributed by atoms with Crippen LogP contribution >= 0.6 is 22.7 Å². The molecule has 6 heteroatoms. The van der Waals surface area contributed by atoms with Gasteiger partial charge in [0.2, 0.25) is 0 Å². The normalized spacial score (nSPS) is 11.8. The number of benzene rings is 3. The van der Waals surface area contributed by atoms with Crippen LogP contribution < -0.4 is 0 Å². The third kappa shape index (κ3) is 3.59. The second kappa shape index (κ2) is 9.24. The summed E-state index contributed by atoms with van der Waals surface area (Å²) in [6.45, 7) is 0. The molecule has 9 aromatic rings. The number of thiophene rings is 2. The van der Waals surface area contributed by atoms with Crippen LogP contribution in [-0.2, 0) is 0 Å². The number of nitrogens with one attached hydrogen (secondary N) is 2. The van der Waals surface area contributed by atoms with E-state index >= 15 is 0 Å². The van der Waals surface area contributed by atoms with Gasteiger partial charge in [0.1, 0.15) is 17.1 Å². The first-order valence-electron chi connectivity index (χ1n) is 13.7. The standard InChI is InChI=1S/C36H22N2O2S2/c1-3-10-24-21(8-1)18-26(38-24)32-23(25-11-5-15-37-25)20-31-35(33(32)28-13-6-16-39-28)34(36(42-31)30-14-7-17-41-30)29-19-22-9-2-4-12-27(22)40-29/h1-20,37-38H. The van der Waals surface area contributed by atoms with E-state index in [1.165, 1.54) is 14.5 Å². The monoisotopic (exact) mass is 578 g/mol. The Morgan fingerprint density at radius 1 is 0.667 bits per heavy atom. The van der Waals surface area contributed by atoms with Gasteiger partial charge in [0.25, 0.3) is 0 Å². The van der Waals surface area contributed by atoms with Crippen LogP contribution in [0.5, 0.6) is 0 Å². The fourth-order valence-electron chi connectivity index (χ4n) is 6.05. The van der Waals surface area contributed by atoms with Crippen molar-refractivity contribution in [2.75, 3.05) is 0 Å². The molecule has 2 N–H and O–H groups in total. The Hall–Kier alpha value is -5.04. The number of rotatable bonds is 5. The van der Waals surface area contributed by atoms with Gasteiger partial charge in [0.05, 0.1) is 11.1 Å². The summed E-state index contributed by atoms with van der Waals surface area (Å²) < 4.78 is 14.0. The van der Waals surface area contributed by atoms with Crippen molar-refractivity contribution in [2.45, 2.75) is 0 Å². The first-order valence-corrected chi connectivity index (χ1v) is 15.4. The van der Waals surface area contributed by atoms with E-state index < -0.39 is 0 Å². The molecule has 3 aromatic carbocycles. The summed E-state index contributed by atoms with van der Waals surface area (Å²) in [5.41, 5.74) is 8.39. The summed E-state index contributed by atoms with van der Waals surface area (Å²) in [6, 6.07) is 35.9. The van der Waals surface area contributed by atoms with Crippen molar-refractivity contribution in [1.29, 1.82) is 0 Å². The maximum absolute atomic E-state index is 6.59. The number of para-hydroxylation sites is 2. The molecule has 0 spiro atoms. The Bertz CT molecular complexity index is 2280. The molecule has 0 fully saturated rings. The number of hydrogen-bond acceptors (Lipinski definition) is 4. The molecule has 42 heavy (non-hydrogen) atoms. The van der Waals surface area contributed by atoms with Crippen LogP contribution in [0, 0.1) is 0 Å². The molecular weight excluding hydrogens is 557 g/mol. The average Bonchev–Trinajstić information content (AvgIpc) is 3.87. The smallest absolute Gasteiger partial charge is 0.137 e. The molecule has 0 saturated heterocycles. The highest BCUT2D eigenvalue weighted by Crippen LogP contribution is 2.54. The van der Waals surface area contributed by atoms with Gasteiger partial charge in [0, 0.05) is 71.1 Å². The zero-order chi connectivity index (χ0) is 27.6. The molecule has 0 saturated carbocycles. The quantitative estimate of drug-likeness (QED) is 0.213. The van der Waals surface area contributed by atoms with Crippen LogP contribution in [0.2, 0.25) is 0 Å². The Morgan fingerprint density at radius 2 is 1.57 bits per heavy atom. The van der Waals surface area contributed by atoms with Crippen LogP contribution in [0.1, 0.15) is 0 Å². The number of fused-ring (bicyclic) bond motifs is 3. The van der Waals surface area contributed by atoms with Gasteiger partial charge >= 0.3 is 0 Å². The fraction of sp³-hybridized carbons (Fsp3) is 0. The molecule has 200 valence electrons. The topological polar surface area (TPSA) is 57.9 Å². The highest BCUT2D eigenvalue weighted by Gasteiger charge is 2.28. The third-order valence-electron chi connectivity index (χ3n) is 7.85. The molecule has 9 rings (SSSR count). The second-order valence-corrected chi connectivity index (χ2v) is 12.3. The van der Waals surface area contributed by atoms with Crippen molar-refractivity contribution in [2.24, 2.45) is 0 Å². The predicted molar refractivity (Wildman–Crippen MR) is 175 cm³/mol. The number of furan rings is 2. The molecule has 6 heterocycles. The van der Waals surface area contributed by atoms with E-state index in [-0.39, 0.29) is 0 Å². The number of hydrogen-bond donors (Lipinski definition) is 2. The molecule has 0 radical (unpaired) electrons. The summed E-state index contributed by atoms with van der Waals surface area (Å²) in [7, 11) is 0. The highest BCUT2D eigenvalue weighted by molar-refractivity contribution is 7.26. The van der Waals surface area contributed by atoms with E-state index in [0.717, 1.165) is 72.4 Å². The van der Waals surface area contributed by atoms with Gasteiger partial charge in [0.15, 0.2) is 0 Å². The molecular formula is C36H22N2O2S2. The molecule has 4 nitrogen and oxygen atoms in total. The highest BCUT2D eigenvalue weighted by atomic mass is 32.1. The number of H-pyrrole nitrogens is 2. The largest absolute Gasteiger partial charge is 0.464 e. The van der Waals surface area contributed by atoms with Gasteiger partial charge in [-0.15, -0.1) is 22.7 Å². The van der Waals surface area contributed by atoms with E-state index in [9.17, 15) is 0 Å². The lowest BCUT2D eigenvalue weighted by Crippen LogP contribution is -1.92. The lowest BCUT2D eigenvalue weighted by molar-refractivity contribution is 0.583. The average molecular weight is 579 g/mol. The van der Waals surface area contributed by atoms with Crippen LogP contribution in [0.15, 0.2) is 130 Å². The summed E-state index contributed by atoms with van der Waals surface area (Å²) in [5.74, 6) is 1.67. The SMILES string of the molecule is c1c[nH]c(-c2cc3sc(-c4cccs4)c(-c4cc5ccccc5o4)c3c(-c3ccco3)c2-c2cc3ccccc3[nH]2)c1. The van der Waals surface area contributed by atoms with Crippen molar-refractivity contribution in [3.8, 4) is 54.9 Å². The number of aromatic amines is 2. The van der Waals surface area contributed by atoms with Gasteiger partial charge in [-0.1, -0.05) is 42.5 Å². The molecule has 0 amide bonds. The van der Waals surface area contributed by atoms with E-state index in [4.69, 9.17) is 8.83 Å². The van der Waals surface area contributed by atoms with Crippen LogP contribution in [0.25, 0.3) is 86.9 Å². The Kier molecular flexibility index (Phi) is 5.20. The van der Waals surface area contributed by atoms with Gasteiger partial charge in [-0.3, -0.25) is 0 Å². The lowest BCUT2D eigenvalue weighted by Gasteiger charge is -2.15. The van der Waals surface area contributed by atoms with Gasteiger partial charge in [-0.05, 0) is 66.0 Å². The van der Waals surface area contributed by atoms with Gasteiger partial charge < -0.3 is 18.8 Å². The van der Waals surface area contributed by atoms with Crippen LogP contribution in [0.4, 0.5) is 0 Å². The van der Waals surface area contributed by atoms with E-state index in [2.05, 4.69) is 94.2 Å². The van der Waals surface area contributed by atoms with Crippen LogP contribution in [0.3, 0.4) is 0 Å². The van der Waals surface area contributed by atoms with Crippen molar-refractivity contribution in [3.05, 3.63) is 121 Å². The Labute approximate surface area is 248 Å². The molecule has 0 aliphatic carbocycles. The van der Waals surface area contributed by atoms with Crippen molar-refractivity contribution < 1.29 is 8.83 Å². The summed E-state index contributed by atoms with van der Waals surface area (Å²) >= 11 is 3.55. The van der Waals surface area contributed by atoms with E-state index in [1.54, 1.807) is 28.9 Å². The zero-order valence-corrected chi connectivity index (χ0v) is 23.8. The summed E-state index contributed by atoms with van der Waals surface area (Å²) in [4.78, 5) is 9.61. The predicted octanol–water partition coefficient (Wildman–Crippen LogP) is 11.4. The van der Waals surface area contributed by atoms with Gasteiger partial charge in [-0.25, -0.2) is 0 Å². The Balaban J connectivity index is 1.48. The summed E-state index contributed by atoms with van der Waals surface area (Å²) in [5, 5.41) is 5.51. The lowest BCUT2D eigenvalue weighted by atomic mass is 9.89. The van der Waals surface area contributed by atoms with Gasteiger partial charge in [-0.2, -0.15) is 0 Å². The molecule has 0 aliphatic heterocycles. The fourth-order valence-corrected chi connectivity index (χ4v) is 8.16. The molecule has 0 atom stereocenters. The maximum Gasteiger partial charge on any atom is 0.137 e.